The van der Waals surface area contributed by atoms with E-state index < -0.39 is 0 Å². The lowest BCUT2D eigenvalue weighted by atomic mass is 9.78. The van der Waals surface area contributed by atoms with Crippen molar-refractivity contribution in [1.29, 1.82) is 0 Å². The van der Waals surface area contributed by atoms with E-state index in [2.05, 4.69) is 16.7 Å². The van der Waals surface area contributed by atoms with Gasteiger partial charge in [0.15, 0.2) is 0 Å². The van der Waals surface area contributed by atoms with Crippen LogP contribution < -0.4 is 15.4 Å². The molecule has 3 rings (SSSR count). The molecule has 6 nitrogen and oxygen atoms in total. The summed E-state index contributed by atoms with van der Waals surface area (Å²) in [5, 5.41) is 5.92. The molecule has 136 valence electrons. The fourth-order valence-electron chi connectivity index (χ4n) is 4.00. The molecule has 0 unspecified atom stereocenters. The molecule has 1 aromatic carbocycles. The molecule has 1 aliphatic carbocycles. The number of carbonyl (C=O) groups excluding carboxylic acids is 2. The molecule has 6 heteroatoms. The van der Waals surface area contributed by atoms with E-state index in [1.807, 2.05) is 18.2 Å². The Morgan fingerprint density at radius 3 is 2.80 bits per heavy atom. The van der Waals surface area contributed by atoms with Gasteiger partial charge in [0.25, 0.3) is 0 Å². The minimum Gasteiger partial charge on any atom is -0.496 e. The largest absolute Gasteiger partial charge is 0.496 e. The molecule has 1 aliphatic heterocycles. The average Bonchev–Trinajstić information content (AvgIpc) is 3.02. The minimum atomic E-state index is -0.0855. The summed E-state index contributed by atoms with van der Waals surface area (Å²) in [6.07, 6.45) is 4.79. The molecular weight excluding hydrogens is 318 g/mol. The monoisotopic (exact) mass is 345 g/mol. The molecule has 0 spiro atoms. The molecular formula is C19H27N3O3. The minimum absolute atomic E-state index is 0.0107. The highest BCUT2D eigenvalue weighted by Crippen LogP contribution is 2.44. The fraction of sp³-hybridized carbons (Fsp3) is 0.579. The molecule has 3 amide bonds. The quantitative estimate of drug-likeness (QED) is 0.877. The van der Waals surface area contributed by atoms with E-state index in [-0.39, 0.29) is 17.4 Å². The molecule has 25 heavy (non-hydrogen) atoms. The second-order valence-corrected chi connectivity index (χ2v) is 6.93. The number of hydrogen-bond acceptors (Lipinski definition) is 3. The fourth-order valence-corrected chi connectivity index (χ4v) is 4.00. The van der Waals surface area contributed by atoms with Crippen LogP contribution in [0.1, 0.15) is 37.7 Å². The highest BCUT2D eigenvalue weighted by molar-refractivity contribution is 5.79. The van der Waals surface area contributed by atoms with E-state index in [1.165, 1.54) is 5.56 Å². The van der Waals surface area contributed by atoms with Crippen LogP contribution in [0.2, 0.25) is 0 Å². The Bertz CT molecular complexity index is 626. The summed E-state index contributed by atoms with van der Waals surface area (Å²) in [6, 6.07) is 8.03. The Morgan fingerprint density at radius 2 is 2.04 bits per heavy atom. The van der Waals surface area contributed by atoms with Gasteiger partial charge in [0, 0.05) is 43.6 Å². The Hall–Kier alpha value is -2.24. The highest BCUT2D eigenvalue weighted by Gasteiger charge is 2.38. The van der Waals surface area contributed by atoms with E-state index in [0.29, 0.717) is 32.6 Å². The summed E-state index contributed by atoms with van der Waals surface area (Å²) in [4.78, 5) is 25.8. The summed E-state index contributed by atoms with van der Waals surface area (Å²) in [5.74, 6) is 0.903. The molecule has 2 fully saturated rings. The molecule has 2 aliphatic rings. The van der Waals surface area contributed by atoms with Crippen LogP contribution in [0.3, 0.4) is 0 Å². The maximum absolute atomic E-state index is 12.6. The number of methoxy groups -OCH3 is 1. The first-order chi connectivity index (χ1) is 12.1. The van der Waals surface area contributed by atoms with Gasteiger partial charge < -0.3 is 20.3 Å². The summed E-state index contributed by atoms with van der Waals surface area (Å²) in [6.45, 7) is 2.15. The number of amides is 3. The smallest absolute Gasteiger partial charge is 0.317 e. The molecule has 0 atom stereocenters. The lowest BCUT2D eigenvalue weighted by Gasteiger charge is -2.32. The highest BCUT2D eigenvalue weighted by atomic mass is 16.5. The van der Waals surface area contributed by atoms with Gasteiger partial charge >= 0.3 is 6.03 Å². The number of carbonyl (C=O) groups is 2. The number of hydrogen-bond donors (Lipinski definition) is 2. The number of rotatable bonds is 4. The lowest BCUT2D eigenvalue weighted by molar-refractivity contribution is -0.120. The SMILES string of the molecule is COc1ccccc1C1(CNC(=O)N2CCNC(=O)CC2)CCCC1. The molecule has 0 radical (unpaired) electrons. The van der Waals surface area contributed by atoms with Crippen LogP contribution in [0, 0.1) is 0 Å². The Morgan fingerprint density at radius 1 is 1.28 bits per heavy atom. The number of nitrogens with one attached hydrogen (secondary N) is 2. The average molecular weight is 345 g/mol. The van der Waals surface area contributed by atoms with Crippen LogP contribution in [0.5, 0.6) is 5.75 Å². The third-order valence-electron chi connectivity index (χ3n) is 5.42. The molecule has 0 bridgehead atoms. The van der Waals surface area contributed by atoms with Crippen LogP contribution in [-0.2, 0) is 10.2 Å². The predicted molar refractivity (Wildman–Crippen MR) is 95.7 cm³/mol. The normalized spacial score (nSPS) is 19.9. The van der Waals surface area contributed by atoms with E-state index in [9.17, 15) is 9.59 Å². The predicted octanol–water partition coefficient (Wildman–Crippen LogP) is 2.04. The first kappa shape index (κ1) is 17.6. The van der Waals surface area contributed by atoms with E-state index in [4.69, 9.17) is 4.74 Å². The molecule has 2 N–H and O–H groups in total. The maximum Gasteiger partial charge on any atom is 0.317 e. The van der Waals surface area contributed by atoms with Crippen molar-refractivity contribution in [3.05, 3.63) is 29.8 Å². The van der Waals surface area contributed by atoms with Crippen molar-refractivity contribution >= 4 is 11.9 Å². The first-order valence-electron chi connectivity index (χ1n) is 9.08. The third-order valence-corrected chi connectivity index (χ3v) is 5.42. The second-order valence-electron chi connectivity index (χ2n) is 6.93. The Balaban J connectivity index is 1.70. The van der Waals surface area contributed by atoms with Gasteiger partial charge in [0.05, 0.1) is 7.11 Å². The lowest BCUT2D eigenvalue weighted by Crippen LogP contribution is -2.46. The summed E-state index contributed by atoms with van der Waals surface area (Å²) < 4.78 is 5.57. The van der Waals surface area contributed by atoms with Crippen molar-refractivity contribution in [2.24, 2.45) is 0 Å². The number of para-hydroxylation sites is 1. The van der Waals surface area contributed by atoms with Crippen molar-refractivity contribution in [2.75, 3.05) is 33.3 Å². The van der Waals surface area contributed by atoms with Crippen molar-refractivity contribution in [3.8, 4) is 5.75 Å². The van der Waals surface area contributed by atoms with Crippen LogP contribution >= 0.6 is 0 Å². The van der Waals surface area contributed by atoms with Crippen LogP contribution in [0.4, 0.5) is 4.79 Å². The van der Waals surface area contributed by atoms with Gasteiger partial charge in [-0.05, 0) is 18.9 Å². The molecule has 1 aromatic rings. The van der Waals surface area contributed by atoms with Crippen molar-refractivity contribution in [1.82, 2.24) is 15.5 Å². The van der Waals surface area contributed by atoms with Crippen molar-refractivity contribution < 1.29 is 14.3 Å². The number of ether oxygens (including phenoxy) is 1. The number of urea groups is 1. The second kappa shape index (κ2) is 7.76. The summed E-state index contributed by atoms with van der Waals surface area (Å²) >= 11 is 0. The topological polar surface area (TPSA) is 70.7 Å². The van der Waals surface area contributed by atoms with Crippen LogP contribution in [0.15, 0.2) is 24.3 Å². The number of nitrogens with zero attached hydrogens (tertiary/aromatic N) is 1. The molecule has 1 heterocycles. The maximum atomic E-state index is 12.6. The van der Waals surface area contributed by atoms with Gasteiger partial charge in [-0.2, -0.15) is 0 Å². The molecule has 1 saturated heterocycles. The van der Waals surface area contributed by atoms with Gasteiger partial charge in [-0.3, -0.25) is 4.79 Å². The Kier molecular flexibility index (Phi) is 5.46. The third kappa shape index (κ3) is 3.89. The summed E-state index contributed by atoms with van der Waals surface area (Å²) in [5.41, 5.74) is 1.12. The van der Waals surface area contributed by atoms with Gasteiger partial charge in [-0.1, -0.05) is 31.0 Å². The zero-order valence-electron chi connectivity index (χ0n) is 14.8. The zero-order valence-corrected chi connectivity index (χ0v) is 14.8. The van der Waals surface area contributed by atoms with Crippen LogP contribution in [0.25, 0.3) is 0 Å². The van der Waals surface area contributed by atoms with Gasteiger partial charge in [-0.25, -0.2) is 4.79 Å². The Labute approximate surface area is 148 Å². The van der Waals surface area contributed by atoms with Crippen molar-refractivity contribution in [2.45, 2.75) is 37.5 Å². The van der Waals surface area contributed by atoms with Gasteiger partial charge in [0.2, 0.25) is 5.91 Å². The molecule has 1 saturated carbocycles. The van der Waals surface area contributed by atoms with Crippen LogP contribution in [-0.4, -0.2) is 50.1 Å². The number of benzene rings is 1. The van der Waals surface area contributed by atoms with E-state index >= 15 is 0 Å². The van der Waals surface area contributed by atoms with Gasteiger partial charge in [-0.15, -0.1) is 0 Å². The van der Waals surface area contributed by atoms with E-state index in [1.54, 1.807) is 12.0 Å². The standard InChI is InChI=1S/C19H27N3O3/c1-25-16-7-3-2-6-15(16)19(9-4-5-10-19)14-21-18(24)22-12-8-17(23)20-11-13-22/h2-3,6-7H,4-5,8-14H2,1H3,(H,20,23)(H,21,24). The summed E-state index contributed by atoms with van der Waals surface area (Å²) in [7, 11) is 1.70. The first-order valence-corrected chi connectivity index (χ1v) is 9.08. The molecule has 0 aromatic heterocycles. The van der Waals surface area contributed by atoms with Crippen molar-refractivity contribution in [3.63, 3.8) is 0 Å². The zero-order chi connectivity index (χ0) is 17.7. The van der Waals surface area contributed by atoms with E-state index in [0.717, 1.165) is 31.4 Å². The van der Waals surface area contributed by atoms with Gasteiger partial charge in [0.1, 0.15) is 5.75 Å².